The van der Waals surface area contributed by atoms with Crippen LogP contribution in [0.25, 0.3) is 0 Å². The van der Waals surface area contributed by atoms with Gasteiger partial charge in [0.2, 0.25) is 0 Å². The van der Waals surface area contributed by atoms with E-state index < -0.39 is 0 Å². The lowest BCUT2D eigenvalue weighted by molar-refractivity contribution is -0.151. The zero-order chi connectivity index (χ0) is 38.9. The largest absolute Gasteiger partial charge is 0.462 e. The summed E-state index contributed by atoms with van der Waals surface area (Å²) >= 11 is 0. The highest BCUT2D eigenvalue weighted by atomic mass is 16.5. The Morgan fingerprint density at radius 3 is 1.07 bits per heavy atom. The van der Waals surface area contributed by atoms with Crippen molar-refractivity contribution in [2.45, 2.75) is 272 Å². The van der Waals surface area contributed by atoms with E-state index in [4.69, 9.17) is 9.47 Å². The molecule has 0 rings (SSSR count). The second-order valence-electron chi connectivity index (χ2n) is 16.3. The van der Waals surface area contributed by atoms with Gasteiger partial charge in [-0.3, -0.25) is 9.59 Å². The Balaban J connectivity index is 0. The lowest BCUT2D eigenvalue weighted by Gasteiger charge is -2.21. The maximum absolute atomic E-state index is 12.7. The summed E-state index contributed by atoms with van der Waals surface area (Å²) < 4.78 is 11.9. The molecule has 1 unspecified atom stereocenters. The monoisotopic (exact) mass is 768 g/mol. The first kappa shape index (κ1) is 55.0. The Bertz CT molecular complexity index is 745. The summed E-state index contributed by atoms with van der Waals surface area (Å²) in [5.74, 6) is 0.00941. The molecule has 0 bridgehead atoms. The Kier molecular flexibility index (Phi) is 45.4. The van der Waals surface area contributed by atoms with E-state index >= 15 is 0 Å². The average molecular weight is 768 g/mol. The SMILES string of the molecule is C.CCCCCCCCC(CCC)OC(=O)CCCCCCCN(CCO)CCCCCCCC(=O)OC(CCCCCCCC)CCCCCCCC. The van der Waals surface area contributed by atoms with Gasteiger partial charge in [0.25, 0.3) is 0 Å². The van der Waals surface area contributed by atoms with Crippen molar-refractivity contribution in [1.82, 2.24) is 4.90 Å². The van der Waals surface area contributed by atoms with E-state index in [0.29, 0.717) is 12.8 Å². The van der Waals surface area contributed by atoms with Gasteiger partial charge in [0.1, 0.15) is 12.2 Å². The van der Waals surface area contributed by atoms with Crippen LogP contribution in [0.15, 0.2) is 0 Å². The molecule has 0 radical (unpaired) electrons. The predicted molar refractivity (Wildman–Crippen MR) is 234 cm³/mol. The van der Waals surface area contributed by atoms with E-state index in [2.05, 4.69) is 32.6 Å². The summed E-state index contributed by atoms with van der Waals surface area (Å²) in [7, 11) is 0. The zero-order valence-electron chi connectivity index (χ0n) is 36.3. The topological polar surface area (TPSA) is 76.1 Å². The number of aliphatic hydroxyl groups is 1. The number of nitrogens with zero attached hydrogens (tertiary/aromatic N) is 1. The molecule has 0 heterocycles. The Morgan fingerprint density at radius 2 is 0.722 bits per heavy atom. The summed E-state index contributed by atoms with van der Waals surface area (Å²) in [6.45, 7) is 12.0. The van der Waals surface area contributed by atoms with Crippen LogP contribution in [0.4, 0.5) is 0 Å². The number of carbonyl (C=O) groups is 2. The quantitative estimate of drug-likeness (QED) is 0.0492. The van der Waals surface area contributed by atoms with E-state index in [1.54, 1.807) is 0 Å². The van der Waals surface area contributed by atoms with Crippen LogP contribution in [-0.2, 0) is 19.1 Å². The maximum atomic E-state index is 12.7. The number of ether oxygens (including phenoxy) is 2. The van der Waals surface area contributed by atoms with Crippen molar-refractivity contribution >= 4 is 11.9 Å². The molecule has 1 atom stereocenters. The number of hydrogen-bond acceptors (Lipinski definition) is 6. The van der Waals surface area contributed by atoms with Crippen molar-refractivity contribution in [2.75, 3.05) is 26.2 Å². The molecule has 0 aromatic rings. The standard InChI is InChI=1S/C47H93NO5.CH4/c1-5-9-12-15-20-27-35-44(34-8-4)52-46(50)38-30-23-18-25-32-40-48(42-43-49)41-33-26-19-24-31-39-47(51)53-45(36-28-21-16-13-10-6-2)37-29-22-17-14-11-7-3;/h44-45,49H,5-43H2,1-4H3;1H4. The molecule has 6 nitrogen and oxygen atoms in total. The molecule has 0 aliphatic rings. The number of carbonyl (C=O) groups excluding carboxylic acids is 2. The van der Waals surface area contributed by atoms with Crippen LogP contribution in [0.3, 0.4) is 0 Å². The van der Waals surface area contributed by atoms with Gasteiger partial charge in [-0.05, 0) is 83.7 Å². The summed E-state index contributed by atoms with van der Waals surface area (Å²) in [6.07, 6.45) is 40.5. The number of hydrogen-bond donors (Lipinski definition) is 1. The third kappa shape index (κ3) is 39.1. The number of unbranched alkanes of at least 4 members (excludes halogenated alkanes) is 23. The molecule has 0 fully saturated rings. The minimum absolute atomic E-state index is 0. The minimum atomic E-state index is -0.00488. The molecule has 54 heavy (non-hydrogen) atoms. The molecule has 0 aliphatic heterocycles. The second kappa shape index (κ2) is 44.6. The first-order valence-corrected chi connectivity index (χ1v) is 23.7. The molecular formula is C48H97NO5. The summed E-state index contributed by atoms with van der Waals surface area (Å²) in [5.41, 5.74) is 0. The highest BCUT2D eigenvalue weighted by Crippen LogP contribution is 2.19. The second-order valence-corrected chi connectivity index (χ2v) is 16.3. The molecule has 0 aromatic heterocycles. The van der Waals surface area contributed by atoms with Crippen LogP contribution >= 0.6 is 0 Å². The van der Waals surface area contributed by atoms with Crippen molar-refractivity contribution in [1.29, 1.82) is 0 Å². The van der Waals surface area contributed by atoms with Crippen molar-refractivity contribution in [3.8, 4) is 0 Å². The van der Waals surface area contributed by atoms with Gasteiger partial charge in [-0.2, -0.15) is 0 Å². The Morgan fingerprint density at radius 1 is 0.407 bits per heavy atom. The zero-order valence-corrected chi connectivity index (χ0v) is 36.3. The van der Waals surface area contributed by atoms with Crippen molar-refractivity contribution < 1.29 is 24.2 Å². The number of aliphatic hydroxyl groups excluding tert-OH is 1. The highest BCUT2D eigenvalue weighted by molar-refractivity contribution is 5.69. The summed E-state index contributed by atoms with van der Waals surface area (Å²) in [5, 5.41) is 9.59. The summed E-state index contributed by atoms with van der Waals surface area (Å²) in [6, 6.07) is 0. The molecule has 0 aliphatic carbocycles. The Hall–Kier alpha value is -1.14. The Labute approximate surface area is 338 Å². The van der Waals surface area contributed by atoms with Gasteiger partial charge >= 0.3 is 11.9 Å². The molecular weight excluding hydrogens is 671 g/mol. The maximum Gasteiger partial charge on any atom is 0.306 e. The van der Waals surface area contributed by atoms with E-state index in [0.717, 1.165) is 103 Å². The van der Waals surface area contributed by atoms with Crippen LogP contribution in [0.5, 0.6) is 0 Å². The van der Waals surface area contributed by atoms with E-state index in [1.807, 2.05) is 0 Å². The van der Waals surface area contributed by atoms with Gasteiger partial charge in [-0.15, -0.1) is 0 Å². The van der Waals surface area contributed by atoms with Crippen LogP contribution in [0.2, 0.25) is 0 Å². The van der Waals surface area contributed by atoms with E-state index in [9.17, 15) is 14.7 Å². The van der Waals surface area contributed by atoms with Crippen LogP contribution in [0, 0.1) is 0 Å². The third-order valence-electron chi connectivity index (χ3n) is 11.0. The van der Waals surface area contributed by atoms with Crippen LogP contribution in [-0.4, -0.2) is 60.4 Å². The van der Waals surface area contributed by atoms with Crippen molar-refractivity contribution in [3.05, 3.63) is 0 Å². The van der Waals surface area contributed by atoms with E-state index in [1.165, 1.54) is 128 Å². The van der Waals surface area contributed by atoms with Gasteiger partial charge < -0.3 is 19.5 Å². The fourth-order valence-corrected chi connectivity index (χ4v) is 7.54. The normalized spacial score (nSPS) is 12.0. The summed E-state index contributed by atoms with van der Waals surface area (Å²) in [4.78, 5) is 27.6. The molecule has 0 aromatic carbocycles. The molecule has 324 valence electrons. The molecule has 0 spiro atoms. The van der Waals surface area contributed by atoms with Gasteiger partial charge in [0, 0.05) is 19.4 Å². The predicted octanol–water partition coefficient (Wildman–Crippen LogP) is 14.5. The van der Waals surface area contributed by atoms with Crippen LogP contribution < -0.4 is 0 Å². The van der Waals surface area contributed by atoms with Crippen molar-refractivity contribution in [2.24, 2.45) is 0 Å². The first-order chi connectivity index (χ1) is 26.0. The first-order valence-electron chi connectivity index (χ1n) is 23.7. The fourth-order valence-electron chi connectivity index (χ4n) is 7.54. The molecule has 0 saturated carbocycles. The fraction of sp³-hybridized carbons (Fsp3) is 0.958. The van der Waals surface area contributed by atoms with Crippen LogP contribution in [0.1, 0.15) is 260 Å². The molecule has 1 N–H and O–H groups in total. The van der Waals surface area contributed by atoms with Gasteiger partial charge in [0.15, 0.2) is 0 Å². The smallest absolute Gasteiger partial charge is 0.306 e. The van der Waals surface area contributed by atoms with Gasteiger partial charge in [0.05, 0.1) is 6.61 Å². The molecule has 0 saturated heterocycles. The molecule has 0 amide bonds. The lowest BCUT2D eigenvalue weighted by atomic mass is 10.0. The average Bonchev–Trinajstić information content (AvgIpc) is 3.14. The number of rotatable bonds is 43. The minimum Gasteiger partial charge on any atom is -0.462 e. The number of esters is 2. The lowest BCUT2D eigenvalue weighted by Crippen LogP contribution is -2.29. The van der Waals surface area contributed by atoms with Gasteiger partial charge in [-0.25, -0.2) is 0 Å². The van der Waals surface area contributed by atoms with Crippen molar-refractivity contribution in [3.63, 3.8) is 0 Å². The molecule has 6 heteroatoms. The highest BCUT2D eigenvalue weighted by Gasteiger charge is 2.15. The van der Waals surface area contributed by atoms with E-state index in [-0.39, 0.29) is 38.2 Å². The third-order valence-corrected chi connectivity index (χ3v) is 11.0. The van der Waals surface area contributed by atoms with Gasteiger partial charge in [-0.1, -0.05) is 176 Å².